The summed E-state index contributed by atoms with van der Waals surface area (Å²) in [5.41, 5.74) is 3.18. The van der Waals surface area contributed by atoms with E-state index in [9.17, 15) is 9.18 Å². The van der Waals surface area contributed by atoms with Crippen LogP contribution in [0.1, 0.15) is 5.56 Å². The Morgan fingerprint density at radius 1 is 0.944 bits per heavy atom. The molecule has 36 heavy (non-hydrogen) atoms. The summed E-state index contributed by atoms with van der Waals surface area (Å²) in [6.45, 7) is 0. The molecule has 0 unspecified atom stereocenters. The summed E-state index contributed by atoms with van der Waals surface area (Å²) in [4.78, 5) is 18.1. The van der Waals surface area contributed by atoms with E-state index in [2.05, 4.69) is 10.1 Å². The summed E-state index contributed by atoms with van der Waals surface area (Å²) in [5.74, 6) is 0.00577. The van der Waals surface area contributed by atoms with E-state index < -0.39 is 0 Å². The van der Waals surface area contributed by atoms with E-state index in [1.165, 1.54) is 28.0 Å². The Labute approximate surface area is 217 Å². The maximum absolute atomic E-state index is 13.6. The largest absolute Gasteiger partial charge is 0.291 e. The molecule has 0 N–H and O–H groups in total. The topological polar surface area (TPSA) is 65.1 Å². The Hall–Kier alpha value is -3.85. The van der Waals surface area contributed by atoms with Gasteiger partial charge in [-0.1, -0.05) is 52.7 Å². The molecule has 3 aromatic heterocycles. The van der Waals surface area contributed by atoms with E-state index in [-0.39, 0.29) is 11.4 Å². The Morgan fingerprint density at radius 3 is 2.44 bits per heavy atom. The van der Waals surface area contributed by atoms with E-state index in [4.69, 9.17) is 28.3 Å². The molecule has 0 fully saturated rings. The second-order valence-electron chi connectivity index (χ2n) is 7.89. The van der Waals surface area contributed by atoms with Crippen molar-refractivity contribution in [3.63, 3.8) is 0 Å². The summed E-state index contributed by atoms with van der Waals surface area (Å²) in [6.07, 6.45) is 3.59. The number of aromatic nitrogens is 5. The summed E-state index contributed by atoms with van der Waals surface area (Å²) >= 11 is 13.5. The minimum absolute atomic E-state index is 0.309. The lowest BCUT2D eigenvalue weighted by molar-refractivity contribution is 0.628. The van der Waals surface area contributed by atoms with Crippen molar-refractivity contribution in [2.24, 2.45) is 0 Å². The Morgan fingerprint density at radius 2 is 1.72 bits per heavy atom. The number of nitrogens with zero attached hydrogens (tertiary/aromatic N) is 5. The van der Waals surface area contributed by atoms with E-state index in [0.717, 1.165) is 11.3 Å². The van der Waals surface area contributed by atoms with Gasteiger partial charge in [0.2, 0.25) is 4.96 Å². The number of thiazole rings is 1. The zero-order valence-corrected chi connectivity index (χ0v) is 20.6. The molecule has 0 aliphatic carbocycles. The zero-order valence-electron chi connectivity index (χ0n) is 18.3. The molecule has 0 aliphatic heterocycles. The number of hydrogen-bond donors (Lipinski definition) is 0. The fraction of sp³-hybridized carbons (Fsp3) is 0. The third kappa shape index (κ3) is 4.09. The molecular weight excluding hydrogens is 520 g/mol. The molecule has 0 saturated heterocycles. The highest BCUT2D eigenvalue weighted by Crippen LogP contribution is 2.29. The summed E-state index contributed by atoms with van der Waals surface area (Å²) < 4.78 is 17.0. The lowest BCUT2D eigenvalue weighted by Crippen LogP contribution is -2.23. The molecule has 6 nitrogen and oxygen atoms in total. The van der Waals surface area contributed by atoms with Gasteiger partial charge in [0.05, 0.1) is 15.2 Å². The van der Waals surface area contributed by atoms with Gasteiger partial charge in [-0.3, -0.25) is 4.79 Å². The highest BCUT2D eigenvalue weighted by atomic mass is 35.5. The van der Waals surface area contributed by atoms with Gasteiger partial charge in [-0.2, -0.15) is 14.6 Å². The van der Waals surface area contributed by atoms with Crippen molar-refractivity contribution in [2.45, 2.75) is 0 Å². The number of fused-ring (bicyclic) bond motifs is 1. The normalized spacial score (nSPS) is 12.0. The molecule has 0 radical (unpaired) electrons. The van der Waals surface area contributed by atoms with Crippen molar-refractivity contribution in [2.75, 3.05) is 0 Å². The molecule has 0 atom stereocenters. The molecule has 3 aromatic carbocycles. The number of benzene rings is 3. The second kappa shape index (κ2) is 8.98. The van der Waals surface area contributed by atoms with E-state index >= 15 is 0 Å². The molecule has 10 heteroatoms. The molecular formula is C26H14Cl2FN5OS. The fourth-order valence-corrected chi connectivity index (χ4v) is 5.19. The van der Waals surface area contributed by atoms with Gasteiger partial charge >= 0.3 is 0 Å². The number of para-hydroxylation sites is 1. The van der Waals surface area contributed by atoms with Crippen LogP contribution in [0, 0.1) is 5.82 Å². The summed E-state index contributed by atoms with van der Waals surface area (Å²) in [5, 5.41) is 9.99. The molecule has 6 rings (SSSR count). The van der Waals surface area contributed by atoms with Crippen LogP contribution in [-0.2, 0) is 0 Å². The highest BCUT2D eigenvalue weighted by molar-refractivity contribution is 7.15. The van der Waals surface area contributed by atoms with Gasteiger partial charge in [0.15, 0.2) is 5.82 Å². The van der Waals surface area contributed by atoms with Crippen molar-refractivity contribution >= 4 is 45.6 Å². The number of halogens is 3. The monoisotopic (exact) mass is 533 g/mol. The summed E-state index contributed by atoms with van der Waals surface area (Å²) in [7, 11) is 0. The van der Waals surface area contributed by atoms with Crippen LogP contribution in [0.3, 0.4) is 0 Å². The quantitative estimate of drug-likeness (QED) is 0.293. The standard InChI is InChI=1S/C26H14Cl2FN5OS/c27-17-8-11-20(21(28)13-17)24-30-26-34(32-24)25(35)22(36-26)12-16-14-33(19-4-2-1-3-5-19)31-23(16)15-6-9-18(29)10-7-15/h1-14H/b22-12-. The van der Waals surface area contributed by atoms with E-state index in [0.29, 0.717) is 42.2 Å². The SMILES string of the molecule is O=c1/c(=C/c2cn(-c3ccccc3)nc2-c2ccc(F)cc2)sc2nc(-c3ccc(Cl)cc3Cl)nn12. The Bertz CT molecular complexity index is 1850. The third-order valence-electron chi connectivity index (χ3n) is 5.52. The average Bonchev–Trinajstić information content (AvgIpc) is 3.56. The zero-order chi connectivity index (χ0) is 24.8. The summed E-state index contributed by atoms with van der Waals surface area (Å²) in [6, 6.07) is 20.7. The lowest BCUT2D eigenvalue weighted by Gasteiger charge is -2.00. The van der Waals surface area contributed by atoms with Gasteiger partial charge in [0, 0.05) is 27.9 Å². The molecule has 0 spiro atoms. The van der Waals surface area contributed by atoms with Crippen LogP contribution in [0.5, 0.6) is 0 Å². The lowest BCUT2D eigenvalue weighted by atomic mass is 10.1. The first-order valence-corrected chi connectivity index (χ1v) is 12.3. The van der Waals surface area contributed by atoms with Crippen LogP contribution in [0.15, 0.2) is 83.8 Å². The minimum Gasteiger partial charge on any atom is -0.266 e. The molecule has 0 amide bonds. The van der Waals surface area contributed by atoms with Crippen molar-refractivity contribution < 1.29 is 4.39 Å². The average molecular weight is 534 g/mol. The minimum atomic E-state index is -0.337. The maximum Gasteiger partial charge on any atom is 0.291 e. The Balaban J connectivity index is 1.48. The first-order valence-electron chi connectivity index (χ1n) is 10.7. The number of rotatable bonds is 4. The Kier molecular flexibility index (Phi) is 5.64. The predicted molar refractivity (Wildman–Crippen MR) is 140 cm³/mol. The van der Waals surface area contributed by atoms with Crippen molar-refractivity contribution in [3.8, 4) is 28.3 Å². The third-order valence-corrected chi connectivity index (χ3v) is 7.03. The second-order valence-corrected chi connectivity index (χ2v) is 9.74. The first kappa shape index (κ1) is 22.6. The first-order chi connectivity index (χ1) is 17.5. The van der Waals surface area contributed by atoms with Crippen LogP contribution < -0.4 is 10.1 Å². The van der Waals surface area contributed by atoms with Gasteiger partial charge in [0.1, 0.15) is 11.5 Å². The smallest absolute Gasteiger partial charge is 0.266 e. The maximum atomic E-state index is 13.6. The van der Waals surface area contributed by atoms with Crippen molar-refractivity contribution in [3.05, 3.63) is 115 Å². The van der Waals surface area contributed by atoms with Crippen LogP contribution in [0.25, 0.3) is 39.4 Å². The van der Waals surface area contributed by atoms with Crippen molar-refractivity contribution in [1.29, 1.82) is 0 Å². The van der Waals surface area contributed by atoms with Crippen LogP contribution in [0.2, 0.25) is 10.0 Å². The molecule has 6 aromatic rings. The number of hydrogen-bond acceptors (Lipinski definition) is 5. The van der Waals surface area contributed by atoms with Gasteiger partial charge in [-0.15, -0.1) is 5.10 Å². The van der Waals surface area contributed by atoms with Gasteiger partial charge in [0.25, 0.3) is 5.56 Å². The van der Waals surface area contributed by atoms with Gasteiger partial charge < -0.3 is 0 Å². The highest BCUT2D eigenvalue weighted by Gasteiger charge is 2.16. The molecule has 0 aliphatic rings. The van der Waals surface area contributed by atoms with Crippen molar-refractivity contribution in [1.82, 2.24) is 24.4 Å². The van der Waals surface area contributed by atoms with Crippen LogP contribution in [-0.4, -0.2) is 24.4 Å². The predicted octanol–water partition coefficient (Wildman–Crippen LogP) is 5.66. The fourth-order valence-electron chi connectivity index (χ4n) is 3.80. The van der Waals surface area contributed by atoms with E-state index in [1.807, 2.05) is 36.5 Å². The molecule has 0 saturated carbocycles. The van der Waals surface area contributed by atoms with Gasteiger partial charge in [-0.05, 0) is 60.7 Å². The van der Waals surface area contributed by atoms with Crippen LogP contribution >= 0.6 is 34.5 Å². The molecule has 0 bridgehead atoms. The molecule has 176 valence electrons. The molecule has 3 heterocycles. The van der Waals surface area contributed by atoms with Gasteiger partial charge in [-0.25, -0.2) is 9.07 Å². The van der Waals surface area contributed by atoms with Crippen LogP contribution in [0.4, 0.5) is 4.39 Å². The van der Waals surface area contributed by atoms with E-state index in [1.54, 1.807) is 41.1 Å².